The van der Waals surface area contributed by atoms with Crippen molar-refractivity contribution in [2.45, 2.75) is 12.5 Å². The molecule has 1 amide bonds. The van der Waals surface area contributed by atoms with Gasteiger partial charge in [-0.2, -0.15) is 0 Å². The third kappa shape index (κ3) is 5.78. The van der Waals surface area contributed by atoms with E-state index in [1.807, 2.05) is 0 Å². The van der Waals surface area contributed by atoms with Crippen molar-refractivity contribution in [3.63, 3.8) is 0 Å². The summed E-state index contributed by atoms with van der Waals surface area (Å²) in [4.78, 5) is 11.7. The summed E-state index contributed by atoms with van der Waals surface area (Å²) in [6.45, 7) is 0. The lowest BCUT2D eigenvalue weighted by Gasteiger charge is -2.12. The number of halogens is 2. The quantitative estimate of drug-likeness (QED) is 0.862. The summed E-state index contributed by atoms with van der Waals surface area (Å²) in [7, 11) is -3.14. The summed E-state index contributed by atoms with van der Waals surface area (Å²) in [6, 6.07) is 3.71. The number of sulfone groups is 1. The van der Waals surface area contributed by atoms with Crippen LogP contribution < -0.4 is 11.1 Å². The molecule has 0 aliphatic heterocycles. The maximum Gasteiger partial charge on any atom is 0.241 e. The summed E-state index contributed by atoms with van der Waals surface area (Å²) in [5.74, 6) is -0.606. The molecular weight excluding hydrogens is 311 g/mol. The van der Waals surface area contributed by atoms with Gasteiger partial charge in [-0.1, -0.05) is 23.2 Å². The van der Waals surface area contributed by atoms with Crippen LogP contribution in [0.5, 0.6) is 0 Å². The van der Waals surface area contributed by atoms with Crippen molar-refractivity contribution in [2.75, 3.05) is 17.3 Å². The van der Waals surface area contributed by atoms with Crippen LogP contribution in [-0.2, 0) is 14.6 Å². The van der Waals surface area contributed by atoms with Gasteiger partial charge in [-0.25, -0.2) is 8.42 Å². The van der Waals surface area contributed by atoms with Gasteiger partial charge >= 0.3 is 0 Å². The Bertz CT molecular complexity index is 575. The summed E-state index contributed by atoms with van der Waals surface area (Å²) < 4.78 is 22.0. The van der Waals surface area contributed by atoms with Crippen molar-refractivity contribution in [3.05, 3.63) is 28.2 Å². The summed E-state index contributed by atoms with van der Waals surface area (Å²) >= 11 is 11.5. The van der Waals surface area contributed by atoms with E-state index in [9.17, 15) is 13.2 Å². The van der Waals surface area contributed by atoms with Gasteiger partial charge < -0.3 is 11.1 Å². The number of carbonyl (C=O) groups is 1. The van der Waals surface area contributed by atoms with Crippen LogP contribution in [0.2, 0.25) is 10.0 Å². The van der Waals surface area contributed by atoms with Crippen molar-refractivity contribution >= 4 is 44.6 Å². The highest BCUT2D eigenvalue weighted by atomic mass is 35.5. The second-order valence-corrected chi connectivity index (χ2v) is 7.22. The highest BCUT2D eigenvalue weighted by molar-refractivity contribution is 7.90. The van der Waals surface area contributed by atoms with Crippen LogP contribution in [0.4, 0.5) is 5.69 Å². The van der Waals surface area contributed by atoms with Gasteiger partial charge in [0, 0.05) is 11.9 Å². The highest BCUT2D eigenvalue weighted by Gasteiger charge is 2.16. The lowest BCUT2D eigenvalue weighted by molar-refractivity contribution is -0.117. The van der Waals surface area contributed by atoms with Gasteiger partial charge in [0.15, 0.2) is 0 Å². The van der Waals surface area contributed by atoms with Crippen molar-refractivity contribution in [2.24, 2.45) is 5.73 Å². The summed E-state index contributed by atoms with van der Waals surface area (Å²) in [5, 5.41) is 3.23. The second kappa shape index (κ2) is 6.56. The topological polar surface area (TPSA) is 89.3 Å². The number of amides is 1. The molecule has 19 heavy (non-hydrogen) atoms. The van der Waals surface area contributed by atoms with Crippen molar-refractivity contribution in [1.82, 2.24) is 0 Å². The van der Waals surface area contributed by atoms with Crippen LogP contribution in [0.25, 0.3) is 0 Å². The molecule has 0 aromatic heterocycles. The smallest absolute Gasteiger partial charge is 0.241 e. The minimum Gasteiger partial charge on any atom is -0.325 e. The van der Waals surface area contributed by atoms with Gasteiger partial charge in [-0.15, -0.1) is 0 Å². The van der Waals surface area contributed by atoms with Crippen molar-refractivity contribution < 1.29 is 13.2 Å². The maximum atomic E-state index is 11.7. The predicted molar refractivity (Wildman–Crippen MR) is 77.4 cm³/mol. The molecule has 1 atom stereocenters. The molecule has 0 bridgehead atoms. The fourth-order valence-electron chi connectivity index (χ4n) is 1.28. The van der Waals surface area contributed by atoms with Crippen LogP contribution in [0.3, 0.4) is 0 Å². The Morgan fingerprint density at radius 3 is 2.53 bits per heavy atom. The van der Waals surface area contributed by atoms with Gasteiger partial charge in [-0.3, -0.25) is 4.79 Å². The number of benzene rings is 1. The molecule has 0 saturated heterocycles. The molecule has 106 valence electrons. The molecule has 1 rings (SSSR count). The standard InChI is InChI=1S/C11H14Cl2N2O3S/c1-19(17,18)5-4-10(14)11(16)15-7-2-3-8(12)9(13)6-7/h2-3,6,10H,4-5,14H2,1H3,(H,15,16). The number of hydrogen-bond acceptors (Lipinski definition) is 4. The number of anilines is 1. The predicted octanol–water partition coefficient (Wildman–Crippen LogP) is 1.69. The van der Waals surface area contributed by atoms with E-state index in [4.69, 9.17) is 28.9 Å². The Balaban J connectivity index is 2.61. The molecule has 3 N–H and O–H groups in total. The Hall–Kier alpha value is -0.820. The molecule has 1 unspecified atom stereocenters. The molecule has 0 aliphatic rings. The van der Waals surface area contributed by atoms with Crippen LogP contribution in [0.15, 0.2) is 18.2 Å². The Morgan fingerprint density at radius 2 is 2.00 bits per heavy atom. The molecule has 0 heterocycles. The van der Waals surface area contributed by atoms with Gasteiger partial charge in [0.25, 0.3) is 0 Å². The largest absolute Gasteiger partial charge is 0.325 e. The molecule has 0 saturated carbocycles. The second-order valence-electron chi connectivity index (χ2n) is 4.14. The minimum atomic E-state index is -3.14. The van der Waals surface area contributed by atoms with E-state index in [0.717, 1.165) is 6.26 Å². The van der Waals surface area contributed by atoms with Crippen LogP contribution in [0.1, 0.15) is 6.42 Å². The molecule has 0 radical (unpaired) electrons. The number of nitrogens with one attached hydrogen (secondary N) is 1. The maximum absolute atomic E-state index is 11.7. The third-order valence-electron chi connectivity index (χ3n) is 2.32. The van der Waals surface area contributed by atoms with E-state index < -0.39 is 21.8 Å². The lowest BCUT2D eigenvalue weighted by atomic mass is 10.2. The van der Waals surface area contributed by atoms with Gasteiger partial charge in [-0.05, 0) is 24.6 Å². The van der Waals surface area contributed by atoms with Gasteiger partial charge in [0.2, 0.25) is 5.91 Å². The Morgan fingerprint density at radius 1 is 1.37 bits per heavy atom. The highest BCUT2D eigenvalue weighted by Crippen LogP contribution is 2.25. The van der Waals surface area contributed by atoms with E-state index in [1.165, 1.54) is 6.07 Å². The number of nitrogens with two attached hydrogens (primary N) is 1. The van der Waals surface area contributed by atoms with Crippen LogP contribution in [-0.4, -0.2) is 32.4 Å². The molecule has 8 heteroatoms. The molecule has 1 aromatic rings. The molecule has 5 nitrogen and oxygen atoms in total. The first-order chi connectivity index (χ1) is 8.69. The molecular formula is C11H14Cl2N2O3S. The molecule has 0 fully saturated rings. The minimum absolute atomic E-state index is 0.0615. The van der Waals surface area contributed by atoms with Gasteiger partial charge in [0.1, 0.15) is 9.84 Å². The van der Waals surface area contributed by atoms with Crippen LogP contribution in [0, 0.1) is 0 Å². The number of carbonyl (C=O) groups excluding carboxylic acids is 1. The first-order valence-electron chi connectivity index (χ1n) is 5.38. The fourth-order valence-corrected chi connectivity index (χ4v) is 2.26. The monoisotopic (exact) mass is 324 g/mol. The van der Waals surface area contributed by atoms with E-state index in [0.29, 0.717) is 15.7 Å². The Kier molecular flexibility index (Phi) is 5.61. The molecule has 0 spiro atoms. The lowest BCUT2D eigenvalue weighted by Crippen LogP contribution is -2.37. The zero-order valence-corrected chi connectivity index (χ0v) is 12.5. The molecule has 0 aliphatic carbocycles. The Labute approximate surface area is 122 Å². The number of hydrogen-bond donors (Lipinski definition) is 2. The van der Waals surface area contributed by atoms with Crippen molar-refractivity contribution in [3.8, 4) is 0 Å². The third-order valence-corrected chi connectivity index (χ3v) is 4.04. The van der Waals surface area contributed by atoms with Gasteiger partial charge in [0.05, 0.1) is 21.8 Å². The van der Waals surface area contributed by atoms with Crippen molar-refractivity contribution in [1.29, 1.82) is 0 Å². The average molecular weight is 325 g/mol. The first kappa shape index (κ1) is 16.2. The van der Waals surface area contributed by atoms with E-state index >= 15 is 0 Å². The summed E-state index contributed by atoms with van der Waals surface area (Å²) in [5.41, 5.74) is 6.06. The normalized spacial score (nSPS) is 13.1. The number of rotatable bonds is 5. The molecule has 1 aromatic carbocycles. The SMILES string of the molecule is CS(=O)(=O)CCC(N)C(=O)Nc1ccc(Cl)c(Cl)c1. The zero-order chi connectivity index (χ0) is 14.6. The average Bonchev–Trinajstić information content (AvgIpc) is 2.29. The zero-order valence-electron chi connectivity index (χ0n) is 10.2. The fraction of sp³-hybridized carbons (Fsp3) is 0.364. The van der Waals surface area contributed by atoms with Crippen LogP contribution >= 0.6 is 23.2 Å². The first-order valence-corrected chi connectivity index (χ1v) is 8.20. The summed E-state index contributed by atoms with van der Waals surface area (Å²) in [6.07, 6.45) is 1.16. The van der Waals surface area contributed by atoms with E-state index in [2.05, 4.69) is 5.32 Å². The van der Waals surface area contributed by atoms with E-state index in [-0.39, 0.29) is 12.2 Å². The van der Waals surface area contributed by atoms with E-state index in [1.54, 1.807) is 12.1 Å².